The average Bonchev–Trinajstić information content (AvgIpc) is 2.48. The second-order valence-electron chi connectivity index (χ2n) is 6.95. The molecule has 0 amide bonds. The van der Waals surface area contributed by atoms with Gasteiger partial charge in [-0.25, -0.2) is 0 Å². The monoisotopic (exact) mass is 289 g/mol. The highest BCUT2D eigenvalue weighted by atomic mass is 16.5. The zero-order chi connectivity index (χ0) is 15.2. The van der Waals surface area contributed by atoms with Gasteiger partial charge in [0.1, 0.15) is 5.75 Å². The van der Waals surface area contributed by atoms with Crippen molar-refractivity contribution < 1.29 is 4.74 Å². The van der Waals surface area contributed by atoms with Crippen molar-refractivity contribution in [3.05, 3.63) is 29.8 Å². The molecule has 2 rings (SSSR count). The molecule has 118 valence electrons. The lowest BCUT2D eigenvalue weighted by atomic mass is 9.79. The largest absolute Gasteiger partial charge is 0.496 e. The van der Waals surface area contributed by atoms with Crippen LogP contribution in [0.4, 0.5) is 0 Å². The molecule has 1 aliphatic carbocycles. The number of methoxy groups -OCH3 is 1. The van der Waals surface area contributed by atoms with Gasteiger partial charge in [0.25, 0.3) is 0 Å². The Morgan fingerprint density at radius 1 is 1.19 bits per heavy atom. The van der Waals surface area contributed by atoms with Crippen molar-refractivity contribution in [2.75, 3.05) is 7.11 Å². The highest BCUT2D eigenvalue weighted by Crippen LogP contribution is 2.30. The lowest BCUT2D eigenvalue weighted by Gasteiger charge is -2.34. The molecular weight excluding hydrogens is 258 g/mol. The van der Waals surface area contributed by atoms with Crippen LogP contribution in [0.5, 0.6) is 5.75 Å². The van der Waals surface area contributed by atoms with E-state index in [0.29, 0.717) is 12.1 Å². The van der Waals surface area contributed by atoms with Gasteiger partial charge >= 0.3 is 0 Å². The van der Waals surface area contributed by atoms with Crippen molar-refractivity contribution in [2.45, 2.75) is 65.0 Å². The highest BCUT2D eigenvalue weighted by Gasteiger charge is 2.25. The van der Waals surface area contributed by atoms with Gasteiger partial charge in [-0.05, 0) is 49.7 Å². The Morgan fingerprint density at radius 2 is 1.95 bits per heavy atom. The van der Waals surface area contributed by atoms with E-state index < -0.39 is 0 Å². The molecule has 1 N–H and O–H groups in total. The van der Waals surface area contributed by atoms with E-state index in [-0.39, 0.29) is 0 Å². The van der Waals surface area contributed by atoms with Gasteiger partial charge in [-0.2, -0.15) is 0 Å². The molecule has 0 bridgehead atoms. The minimum Gasteiger partial charge on any atom is -0.496 e. The van der Waals surface area contributed by atoms with E-state index in [0.717, 1.165) is 24.0 Å². The molecule has 1 aromatic rings. The normalized spacial score (nSPS) is 24.0. The third-order valence-corrected chi connectivity index (χ3v) is 4.90. The summed E-state index contributed by atoms with van der Waals surface area (Å²) in [6.45, 7) is 7.03. The first-order valence-electron chi connectivity index (χ1n) is 8.48. The third-order valence-electron chi connectivity index (χ3n) is 4.90. The molecule has 0 aliphatic heterocycles. The van der Waals surface area contributed by atoms with Crippen molar-refractivity contribution in [3.63, 3.8) is 0 Å². The minimum absolute atomic E-state index is 0.497. The number of hydrogen-bond acceptors (Lipinski definition) is 2. The maximum absolute atomic E-state index is 5.46. The Bertz CT molecular complexity index is 429. The summed E-state index contributed by atoms with van der Waals surface area (Å²) in [5, 5.41) is 3.85. The first-order chi connectivity index (χ1) is 10.1. The molecule has 2 nitrogen and oxygen atoms in total. The molecule has 1 aromatic carbocycles. The summed E-state index contributed by atoms with van der Waals surface area (Å²) in [5.74, 6) is 2.73. The number of ether oxygens (including phenoxy) is 1. The second-order valence-corrected chi connectivity index (χ2v) is 6.95. The van der Waals surface area contributed by atoms with Gasteiger partial charge in [-0.1, -0.05) is 44.9 Å². The fourth-order valence-electron chi connectivity index (χ4n) is 3.65. The van der Waals surface area contributed by atoms with E-state index in [1.165, 1.54) is 31.2 Å². The van der Waals surface area contributed by atoms with Crippen LogP contribution < -0.4 is 10.1 Å². The summed E-state index contributed by atoms with van der Waals surface area (Å²) in [6.07, 6.45) is 6.50. The van der Waals surface area contributed by atoms with Crippen LogP contribution in [0.3, 0.4) is 0 Å². The SMILES string of the molecule is COc1ccccc1CC(C)NC1CCCC(C(C)C)C1. The van der Waals surface area contributed by atoms with Crippen LogP contribution in [-0.4, -0.2) is 19.2 Å². The number of benzene rings is 1. The quantitative estimate of drug-likeness (QED) is 0.836. The van der Waals surface area contributed by atoms with Crippen LogP contribution in [0.15, 0.2) is 24.3 Å². The fraction of sp³-hybridized carbons (Fsp3) is 0.684. The molecule has 3 atom stereocenters. The van der Waals surface area contributed by atoms with Crippen LogP contribution in [0.1, 0.15) is 52.0 Å². The van der Waals surface area contributed by atoms with Gasteiger partial charge in [-0.3, -0.25) is 0 Å². The van der Waals surface area contributed by atoms with Crippen LogP contribution in [0, 0.1) is 11.8 Å². The van der Waals surface area contributed by atoms with Crippen LogP contribution in [0.25, 0.3) is 0 Å². The Balaban J connectivity index is 1.88. The van der Waals surface area contributed by atoms with Crippen LogP contribution >= 0.6 is 0 Å². The topological polar surface area (TPSA) is 21.3 Å². The summed E-state index contributed by atoms with van der Waals surface area (Å²) in [5.41, 5.74) is 1.30. The Hall–Kier alpha value is -1.02. The van der Waals surface area contributed by atoms with Gasteiger partial charge < -0.3 is 10.1 Å². The summed E-state index contributed by atoms with van der Waals surface area (Å²) < 4.78 is 5.46. The molecule has 0 saturated heterocycles. The van der Waals surface area contributed by atoms with Crippen LogP contribution in [0.2, 0.25) is 0 Å². The average molecular weight is 289 g/mol. The molecule has 21 heavy (non-hydrogen) atoms. The third kappa shape index (κ3) is 4.74. The highest BCUT2D eigenvalue weighted by molar-refractivity contribution is 5.33. The Kier molecular flexibility index (Phi) is 6.10. The maximum Gasteiger partial charge on any atom is 0.122 e. The van der Waals surface area contributed by atoms with E-state index in [9.17, 15) is 0 Å². The van der Waals surface area contributed by atoms with Crippen molar-refractivity contribution in [3.8, 4) is 5.75 Å². The van der Waals surface area contributed by atoms with Crippen molar-refractivity contribution >= 4 is 0 Å². The van der Waals surface area contributed by atoms with Gasteiger partial charge in [0.15, 0.2) is 0 Å². The fourth-order valence-corrected chi connectivity index (χ4v) is 3.65. The summed E-state index contributed by atoms with van der Waals surface area (Å²) in [4.78, 5) is 0. The molecule has 0 aromatic heterocycles. The maximum atomic E-state index is 5.46. The van der Waals surface area contributed by atoms with Gasteiger partial charge in [0, 0.05) is 12.1 Å². The Labute approximate surface area is 130 Å². The van der Waals surface area contributed by atoms with Gasteiger partial charge in [0.05, 0.1) is 7.11 Å². The zero-order valence-corrected chi connectivity index (χ0v) is 14.1. The second kappa shape index (κ2) is 7.84. The molecule has 3 unspecified atom stereocenters. The van der Waals surface area contributed by atoms with E-state index in [1.807, 2.05) is 6.07 Å². The lowest BCUT2D eigenvalue weighted by Crippen LogP contribution is -2.41. The smallest absolute Gasteiger partial charge is 0.122 e. The predicted molar refractivity (Wildman–Crippen MR) is 89.9 cm³/mol. The van der Waals surface area contributed by atoms with Crippen molar-refractivity contribution in [1.29, 1.82) is 0 Å². The molecule has 1 saturated carbocycles. The van der Waals surface area contributed by atoms with Gasteiger partial charge in [-0.15, -0.1) is 0 Å². The summed E-state index contributed by atoms with van der Waals surface area (Å²) in [6, 6.07) is 9.55. The standard InChI is InChI=1S/C19H31NO/c1-14(2)16-9-7-10-18(13-16)20-15(3)12-17-8-5-6-11-19(17)21-4/h5-6,8,11,14-16,18,20H,7,9-10,12-13H2,1-4H3. The summed E-state index contributed by atoms with van der Waals surface area (Å²) >= 11 is 0. The van der Waals surface area contributed by atoms with Gasteiger partial charge in [0.2, 0.25) is 0 Å². The first-order valence-corrected chi connectivity index (χ1v) is 8.48. The molecule has 1 fully saturated rings. The summed E-state index contributed by atoms with van der Waals surface area (Å²) in [7, 11) is 1.76. The molecule has 0 heterocycles. The predicted octanol–water partition coefficient (Wildman–Crippen LogP) is 4.43. The number of rotatable bonds is 6. The van der Waals surface area contributed by atoms with Crippen molar-refractivity contribution in [2.24, 2.45) is 11.8 Å². The molecule has 1 aliphatic rings. The molecule has 0 spiro atoms. The molecule has 0 radical (unpaired) electrons. The van der Waals surface area contributed by atoms with E-state index in [4.69, 9.17) is 4.74 Å². The zero-order valence-electron chi connectivity index (χ0n) is 14.1. The molecule has 2 heteroatoms. The van der Waals surface area contributed by atoms with E-state index in [2.05, 4.69) is 44.3 Å². The number of hydrogen-bond donors (Lipinski definition) is 1. The Morgan fingerprint density at radius 3 is 2.67 bits per heavy atom. The number of nitrogens with one attached hydrogen (secondary N) is 1. The van der Waals surface area contributed by atoms with Crippen LogP contribution in [-0.2, 0) is 6.42 Å². The number of para-hydroxylation sites is 1. The van der Waals surface area contributed by atoms with E-state index in [1.54, 1.807) is 7.11 Å². The molecular formula is C19H31NO. The first kappa shape index (κ1) is 16.4. The van der Waals surface area contributed by atoms with E-state index >= 15 is 0 Å². The van der Waals surface area contributed by atoms with Crippen molar-refractivity contribution in [1.82, 2.24) is 5.32 Å². The minimum atomic E-state index is 0.497. The lowest BCUT2D eigenvalue weighted by molar-refractivity contribution is 0.222.